The average Bonchev–Trinajstić information content (AvgIpc) is 3.17. The molecule has 0 radical (unpaired) electrons. The van der Waals surface area contributed by atoms with E-state index in [0.717, 1.165) is 23.0 Å². The van der Waals surface area contributed by atoms with Gasteiger partial charge in [-0.1, -0.05) is 30.2 Å². The Labute approximate surface area is 341 Å². The predicted octanol–water partition coefficient (Wildman–Crippen LogP) is 0.634. The second-order valence-corrected chi connectivity index (χ2v) is 17.4. The van der Waals surface area contributed by atoms with Gasteiger partial charge in [-0.3, -0.25) is 9.59 Å². The van der Waals surface area contributed by atoms with Crippen LogP contribution in [0.4, 0.5) is 0 Å². The highest BCUT2D eigenvalue weighted by atomic mass is 16.7. The summed E-state index contributed by atoms with van der Waals surface area (Å²) in [6.45, 7) is 10.9. The molecule has 0 spiro atoms. The summed E-state index contributed by atoms with van der Waals surface area (Å²) in [5, 5.41) is 104. The molecule has 0 aromatic carbocycles. The van der Waals surface area contributed by atoms with Crippen molar-refractivity contribution in [2.75, 3.05) is 19.8 Å². The molecule has 0 aromatic rings. The van der Waals surface area contributed by atoms with Gasteiger partial charge in [-0.05, 0) is 110 Å². The summed E-state index contributed by atoms with van der Waals surface area (Å²) in [6.07, 6.45) is -7.07. The van der Waals surface area contributed by atoms with Gasteiger partial charge in [0.15, 0.2) is 18.4 Å². The summed E-state index contributed by atoms with van der Waals surface area (Å²) in [5.74, 6) is -0.578. The minimum Gasteiger partial charge on any atom is -0.394 e. The van der Waals surface area contributed by atoms with Crippen molar-refractivity contribution < 1.29 is 79.6 Å². The smallest absolute Gasteiger partial charge is 0.187 e. The Hall–Kier alpha value is -2.00. The second-order valence-electron chi connectivity index (χ2n) is 17.4. The fraction of sp³-hybridized carbons (Fsp3) is 0.810. The van der Waals surface area contributed by atoms with Crippen LogP contribution in [0, 0.1) is 11.3 Å². The first-order valence-electron chi connectivity index (χ1n) is 20.4. The van der Waals surface area contributed by atoms with Crippen LogP contribution in [0.2, 0.25) is 0 Å². The topological polar surface area (TPSA) is 273 Å². The van der Waals surface area contributed by atoms with Crippen LogP contribution in [0.1, 0.15) is 106 Å². The molecule has 2 aliphatic heterocycles. The van der Waals surface area contributed by atoms with Crippen LogP contribution in [0.25, 0.3) is 0 Å². The van der Waals surface area contributed by atoms with Crippen molar-refractivity contribution in [3.8, 4) is 0 Å². The third-order valence-corrected chi connectivity index (χ3v) is 12.6. The maximum absolute atomic E-state index is 12.3. The molecule has 58 heavy (non-hydrogen) atoms. The summed E-state index contributed by atoms with van der Waals surface area (Å²) in [7, 11) is 0. The van der Waals surface area contributed by atoms with E-state index in [1.807, 2.05) is 32.9 Å². The number of hydrogen-bond donors (Lipinski definition) is 10. The van der Waals surface area contributed by atoms with Gasteiger partial charge < -0.3 is 70.0 Å². The van der Waals surface area contributed by atoms with Crippen LogP contribution in [0.15, 0.2) is 34.4 Å². The zero-order valence-corrected chi connectivity index (χ0v) is 35.1. The molecular weight excluding hydrogens is 760 g/mol. The van der Waals surface area contributed by atoms with Gasteiger partial charge in [0.1, 0.15) is 60.7 Å². The minimum absolute atomic E-state index is 0.0691. The van der Waals surface area contributed by atoms with Crippen LogP contribution in [0.5, 0.6) is 0 Å². The first-order chi connectivity index (χ1) is 27.0. The summed E-state index contributed by atoms with van der Waals surface area (Å²) >= 11 is 0. The predicted molar refractivity (Wildman–Crippen MR) is 210 cm³/mol. The Kier molecular flexibility index (Phi) is 18.8. The van der Waals surface area contributed by atoms with Crippen molar-refractivity contribution in [1.29, 1.82) is 0 Å². The Morgan fingerprint density at radius 2 is 1.45 bits per heavy atom. The molecule has 1 saturated carbocycles. The zero-order chi connectivity index (χ0) is 43.7. The standard InChI is InChI=1S/C42H70O16/c1-23(13-15-31(46)40(4,5)53)12-14-28(56-39-37(52)35(50)33(48)30(22-45)58-39)24(2)10-8-17-41(6)27(26(25(3)20-43)16-18-42(41,7)54)11-9-19-55-38-36(51)34(49)32(47)29(21-44)57-38/h10,12,20,27-30,32-39,44-45,47-54H,8-9,11,13-19,21-22H2,1-7H3. The highest BCUT2D eigenvalue weighted by molar-refractivity contribution is 5.86. The number of rotatable bonds is 20. The summed E-state index contributed by atoms with van der Waals surface area (Å²) in [6, 6.07) is 0. The van der Waals surface area contributed by atoms with E-state index in [2.05, 4.69) is 0 Å². The molecule has 3 rings (SSSR count). The highest BCUT2D eigenvalue weighted by Gasteiger charge is 2.52. The molecule has 2 saturated heterocycles. The number of carbonyl (C=O) groups excluding carboxylic acids is 2. The van der Waals surface area contributed by atoms with Gasteiger partial charge >= 0.3 is 0 Å². The normalized spacial score (nSPS) is 38.1. The molecule has 0 bridgehead atoms. The lowest BCUT2D eigenvalue weighted by atomic mass is 9.54. The van der Waals surface area contributed by atoms with Crippen molar-refractivity contribution >= 4 is 12.1 Å². The van der Waals surface area contributed by atoms with Gasteiger partial charge in [0.05, 0.1) is 24.9 Å². The lowest BCUT2D eigenvalue weighted by Crippen LogP contribution is -2.59. The van der Waals surface area contributed by atoms with E-state index < -0.39 is 97.3 Å². The molecule has 16 heteroatoms. The molecule has 16 nitrogen and oxygen atoms in total. The van der Waals surface area contributed by atoms with Crippen molar-refractivity contribution in [1.82, 2.24) is 0 Å². The summed E-state index contributed by atoms with van der Waals surface area (Å²) in [4.78, 5) is 24.4. The van der Waals surface area contributed by atoms with Gasteiger partial charge in [0.25, 0.3) is 0 Å². The highest BCUT2D eigenvalue weighted by Crippen LogP contribution is 2.55. The fourth-order valence-corrected chi connectivity index (χ4v) is 8.22. The first-order valence-corrected chi connectivity index (χ1v) is 20.4. The van der Waals surface area contributed by atoms with Crippen molar-refractivity contribution in [3.63, 3.8) is 0 Å². The Balaban J connectivity index is 1.84. The third-order valence-electron chi connectivity index (χ3n) is 12.6. The molecule has 3 fully saturated rings. The molecule has 10 N–H and O–H groups in total. The number of aldehydes is 1. The maximum atomic E-state index is 12.3. The quantitative estimate of drug-likeness (QED) is 0.0349. The maximum Gasteiger partial charge on any atom is 0.187 e. The molecule has 334 valence electrons. The molecule has 3 aliphatic rings. The fourth-order valence-electron chi connectivity index (χ4n) is 8.22. The summed E-state index contributed by atoms with van der Waals surface area (Å²) in [5.41, 5.74) is -0.313. The lowest BCUT2D eigenvalue weighted by Gasteiger charge is -2.53. The molecule has 14 unspecified atom stereocenters. The second kappa shape index (κ2) is 21.7. The molecule has 1 aliphatic carbocycles. The number of aliphatic hydroxyl groups is 10. The number of Topliss-reactive ketones (excluding diaryl/α,β-unsaturated/α-hetero) is 1. The Bertz CT molecular complexity index is 1430. The van der Waals surface area contributed by atoms with Crippen LogP contribution in [-0.2, 0) is 28.5 Å². The monoisotopic (exact) mass is 830 g/mol. The number of hydrogen-bond acceptors (Lipinski definition) is 16. The summed E-state index contributed by atoms with van der Waals surface area (Å²) < 4.78 is 23.1. The van der Waals surface area contributed by atoms with E-state index in [1.54, 1.807) is 13.8 Å². The molecule has 2 heterocycles. The largest absolute Gasteiger partial charge is 0.394 e. The van der Waals surface area contributed by atoms with Gasteiger partial charge in [-0.2, -0.15) is 0 Å². The average molecular weight is 831 g/mol. The van der Waals surface area contributed by atoms with Crippen molar-refractivity contribution in [3.05, 3.63) is 34.4 Å². The van der Waals surface area contributed by atoms with E-state index >= 15 is 0 Å². The van der Waals surface area contributed by atoms with Gasteiger partial charge in [0, 0.05) is 18.4 Å². The van der Waals surface area contributed by atoms with Crippen LogP contribution < -0.4 is 0 Å². The number of aliphatic hydroxyl groups excluding tert-OH is 8. The number of allylic oxidation sites excluding steroid dienone is 4. The van der Waals surface area contributed by atoms with Crippen LogP contribution in [0.3, 0.4) is 0 Å². The van der Waals surface area contributed by atoms with Gasteiger partial charge in [-0.15, -0.1) is 0 Å². The van der Waals surface area contributed by atoms with E-state index in [1.165, 1.54) is 13.8 Å². The molecule has 14 atom stereocenters. The van der Waals surface area contributed by atoms with E-state index in [-0.39, 0.29) is 31.1 Å². The van der Waals surface area contributed by atoms with Crippen molar-refractivity contribution in [2.24, 2.45) is 11.3 Å². The number of carbonyl (C=O) groups is 2. The lowest BCUT2D eigenvalue weighted by molar-refractivity contribution is -0.308. The van der Waals surface area contributed by atoms with E-state index in [4.69, 9.17) is 18.9 Å². The SMILES string of the molecule is CC(=CCC(OC1OC(CO)C(O)C(O)C1O)C(C)=CCCC1(C)C(CCCOC2OC(CO)C(O)C(O)C2O)C(=C(C)C=O)CCC1(C)O)CCC(=O)C(C)(C)O. The Morgan fingerprint density at radius 1 is 0.879 bits per heavy atom. The number of ether oxygens (including phenoxy) is 4. The number of ketones is 1. The van der Waals surface area contributed by atoms with Crippen molar-refractivity contribution in [2.45, 2.75) is 185 Å². The van der Waals surface area contributed by atoms with E-state index in [9.17, 15) is 60.7 Å². The van der Waals surface area contributed by atoms with E-state index in [0.29, 0.717) is 50.5 Å². The molecular formula is C42H70O16. The minimum atomic E-state index is -1.64. The molecule has 0 aromatic heterocycles. The van der Waals surface area contributed by atoms with Crippen LogP contribution in [-0.4, -0.2) is 162 Å². The third kappa shape index (κ3) is 12.3. The zero-order valence-electron chi connectivity index (χ0n) is 35.1. The van der Waals surface area contributed by atoms with Gasteiger partial charge in [-0.25, -0.2) is 0 Å². The molecule has 0 amide bonds. The van der Waals surface area contributed by atoms with Crippen LogP contribution >= 0.6 is 0 Å². The Morgan fingerprint density at radius 3 is 2.00 bits per heavy atom. The van der Waals surface area contributed by atoms with Gasteiger partial charge in [0.2, 0.25) is 0 Å². The first kappa shape index (κ1) is 50.4.